The number of oxazole rings is 1. The molecular weight excluding hydrogens is 322 g/mol. The van der Waals surface area contributed by atoms with Crippen molar-refractivity contribution in [1.82, 2.24) is 9.88 Å². The summed E-state index contributed by atoms with van der Waals surface area (Å²) in [7, 11) is 1.59. The topological polar surface area (TPSA) is 114 Å². The number of rotatable bonds is 3. The van der Waals surface area contributed by atoms with Crippen LogP contribution in [0.1, 0.15) is 40.2 Å². The van der Waals surface area contributed by atoms with Crippen molar-refractivity contribution in [3.63, 3.8) is 0 Å². The Morgan fingerprint density at radius 1 is 1.40 bits per heavy atom. The molecule has 1 aromatic heterocycles. The number of hydrogen-bond acceptors (Lipinski definition) is 6. The summed E-state index contributed by atoms with van der Waals surface area (Å²) in [4.78, 5) is 34.0. The lowest BCUT2D eigenvalue weighted by molar-refractivity contribution is -0.127. The quantitative estimate of drug-likeness (QED) is 0.883. The molecule has 0 bridgehead atoms. The first kappa shape index (κ1) is 16.7. The molecule has 3 N–H and O–H groups in total. The van der Waals surface area contributed by atoms with Crippen molar-refractivity contribution >= 4 is 23.5 Å². The number of carbonyl (C=O) groups excluding carboxylic acids is 2. The van der Waals surface area contributed by atoms with E-state index in [9.17, 15) is 9.59 Å². The molecule has 0 aliphatic carbocycles. The number of amides is 2. The number of benzene rings is 1. The Balaban J connectivity index is 1.81. The van der Waals surface area contributed by atoms with E-state index in [2.05, 4.69) is 15.3 Å². The highest BCUT2D eigenvalue weighted by atomic mass is 16.4. The molecule has 0 saturated carbocycles. The molecule has 0 spiro atoms. The molecule has 1 atom stereocenters. The van der Waals surface area contributed by atoms with Crippen LogP contribution in [-0.4, -0.2) is 34.7 Å². The van der Waals surface area contributed by atoms with Crippen molar-refractivity contribution in [2.75, 3.05) is 12.4 Å². The summed E-state index contributed by atoms with van der Waals surface area (Å²) >= 11 is 0. The van der Waals surface area contributed by atoms with Crippen molar-refractivity contribution < 1.29 is 14.0 Å². The van der Waals surface area contributed by atoms with Crippen LogP contribution in [0.5, 0.6) is 0 Å². The summed E-state index contributed by atoms with van der Waals surface area (Å²) in [6.45, 7) is 3.40. The van der Waals surface area contributed by atoms with Gasteiger partial charge < -0.3 is 15.5 Å². The maximum absolute atomic E-state index is 12.3. The van der Waals surface area contributed by atoms with Gasteiger partial charge in [0.1, 0.15) is 0 Å². The van der Waals surface area contributed by atoms with E-state index in [0.717, 1.165) is 5.56 Å². The van der Waals surface area contributed by atoms with Gasteiger partial charge in [-0.3, -0.25) is 14.5 Å². The van der Waals surface area contributed by atoms with Crippen LogP contribution in [0.2, 0.25) is 0 Å². The third-order valence-electron chi connectivity index (χ3n) is 4.01. The van der Waals surface area contributed by atoms with Gasteiger partial charge in [-0.1, -0.05) is 12.1 Å². The summed E-state index contributed by atoms with van der Waals surface area (Å²) in [5.41, 5.74) is 7.69. The van der Waals surface area contributed by atoms with E-state index in [-0.39, 0.29) is 36.0 Å². The van der Waals surface area contributed by atoms with Crippen LogP contribution in [0.3, 0.4) is 0 Å². The first-order chi connectivity index (χ1) is 11.8. The average Bonchev–Trinajstić information content (AvgIpc) is 2.91. The summed E-state index contributed by atoms with van der Waals surface area (Å²) in [5, 5.41) is 2.78. The van der Waals surface area contributed by atoms with Gasteiger partial charge in [-0.05, 0) is 24.6 Å². The van der Waals surface area contributed by atoms with Gasteiger partial charge >= 0.3 is 0 Å². The molecule has 3 rings (SSSR count). The first-order valence-electron chi connectivity index (χ1n) is 7.80. The van der Waals surface area contributed by atoms with E-state index in [1.54, 1.807) is 39.1 Å². The van der Waals surface area contributed by atoms with Gasteiger partial charge in [0.2, 0.25) is 11.7 Å². The van der Waals surface area contributed by atoms with Crippen molar-refractivity contribution in [2.24, 2.45) is 10.7 Å². The number of carbonyl (C=O) groups is 2. The summed E-state index contributed by atoms with van der Waals surface area (Å²) in [6.07, 6.45) is 0.231. The summed E-state index contributed by atoms with van der Waals surface area (Å²) in [5.74, 6) is 0.326. The van der Waals surface area contributed by atoms with Crippen LogP contribution in [0.15, 0.2) is 33.7 Å². The Hall–Kier alpha value is -3.16. The van der Waals surface area contributed by atoms with Gasteiger partial charge in [-0.15, -0.1) is 0 Å². The smallest absolute Gasteiger partial charge is 0.293 e. The highest BCUT2D eigenvalue weighted by Gasteiger charge is 2.26. The maximum Gasteiger partial charge on any atom is 0.293 e. The number of nitrogens with two attached hydrogens (primary N) is 1. The van der Waals surface area contributed by atoms with Crippen LogP contribution in [0.4, 0.5) is 5.69 Å². The van der Waals surface area contributed by atoms with Gasteiger partial charge in [0, 0.05) is 19.7 Å². The van der Waals surface area contributed by atoms with Crippen molar-refractivity contribution in [1.29, 1.82) is 0 Å². The number of aliphatic imine (C=N–C) groups is 1. The van der Waals surface area contributed by atoms with E-state index >= 15 is 0 Å². The molecule has 0 radical (unpaired) electrons. The fraction of sp³-hybridized carbons (Fsp3) is 0.294. The highest BCUT2D eigenvalue weighted by Crippen LogP contribution is 2.27. The Bertz CT molecular complexity index is 871. The average molecular weight is 341 g/mol. The number of hydrogen-bond donors (Lipinski definition) is 2. The van der Waals surface area contributed by atoms with E-state index in [4.69, 9.17) is 10.2 Å². The molecule has 2 heterocycles. The van der Waals surface area contributed by atoms with Gasteiger partial charge in [-0.25, -0.2) is 9.98 Å². The Morgan fingerprint density at radius 3 is 2.80 bits per heavy atom. The predicted molar refractivity (Wildman–Crippen MR) is 92.1 cm³/mol. The Kier molecular flexibility index (Phi) is 4.26. The standard InChI is InChI=1S/C17H19N5O3/c1-9-15(25-10(2)19-9)16(24)20-12-6-4-5-11(7-12)13-8-14(23)22(3)17(18)21-13/h4-7,13H,8H2,1-3H3,(H2,18,21)(H,20,24). The third-order valence-corrected chi connectivity index (χ3v) is 4.01. The van der Waals surface area contributed by atoms with E-state index in [0.29, 0.717) is 17.3 Å². The zero-order valence-electron chi connectivity index (χ0n) is 14.2. The summed E-state index contributed by atoms with van der Waals surface area (Å²) in [6, 6.07) is 6.80. The Labute approximate surface area is 144 Å². The molecule has 1 aromatic carbocycles. The van der Waals surface area contributed by atoms with Crippen LogP contribution < -0.4 is 11.1 Å². The molecule has 2 amide bonds. The monoisotopic (exact) mass is 341 g/mol. The van der Waals surface area contributed by atoms with E-state index in [1.165, 1.54) is 4.90 Å². The summed E-state index contributed by atoms with van der Waals surface area (Å²) < 4.78 is 5.32. The molecule has 1 aliphatic rings. The van der Waals surface area contributed by atoms with Crippen LogP contribution in [-0.2, 0) is 4.79 Å². The largest absolute Gasteiger partial charge is 0.436 e. The highest BCUT2D eigenvalue weighted by molar-refractivity contribution is 6.03. The molecule has 0 fully saturated rings. The second-order valence-corrected chi connectivity index (χ2v) is 5.89. The van der Waals surface area contributed by atoms with E-state index < -0.39 is 0 Å². The predicted octanol–water partition coefficient (Wildman–Crippen LogP) is 1.76. The second-order valence-electron chi connectivity index (χ2n) is 5.89. The minimum Gasteiger partial charge on any atom is -0.436 e. The van der Waals surface area contributed by atoms with Crippen LogP contribution >= 0.6 is 0 Å². The zero-order valence-corrected chi connectivity index (χ0v) is 14.2. The normalized spacial score (nSPS) is 17.4. The minimum absolute atomic E-state index is 0.0975. The molecule has 8 nitrogen and oxygen atoms in total. The zero-order chi connectivity index (χ0) is 18.1. The first-order valence-corrected chi connectivity index (χ1v) is 7.80. The van der Waals surface area contributed by atoms with E-state index in [1.807, 2.05) is 6.07 Å². The van der Waals surface area contributed by atoms with Gasteiger partial charge in [-0.2, -0.15) is 0 Å². The second kappa shape index (κ2) is 6.39. The van der Waals surface area contributed by atoms with Crippen molar-refractivity contribution in [3.05, 3.63) is 47.2 Å². The maximum atomic E-state index is 12.3. The van der Waals surface area contributed by atoms with Crippen molar-refractivity contribution in [3.8, 4) is 0 Å². The lowest BCUT2D eigenvalue weighted by Gasteiger charge is -2.25. The third kappa shape index (κ3) is 3.37. The Morgan fingerprint density at radius 2 is 2.16 bits per heavy atom. The number of aromatic nitrogens is 1. The molecule has 8 heteroatoms. The number of aryl methyl sites for hydroxylation is 2. The van der Waals surface area contributed by atoms with Crippen LogP contribution in [0, 0.1) is 13.8 Å². The number of anilines is 1. The number of nitrogens with one attached hydrogen (secondary N) is 1. The molecule has 1 aliphatic heterocycles. The lowest BCUT2D eigenvalue weighted by Crippen LogP contribution is -2.42. The molecule has 2 aromatic rings. The SMILES string of the molecule is Cc1nc(C)c(C(=O)Nc2cccc(C3CC(=O)N(C)C(N)=N3)c2)o1. The van der Waals surface area contributed by atoms with Gasteiger partial charge in [0.15, 0.2) is 11.9 Å². The number of nitrogens with zero attached hydrogens (tertiary/aromatic N) is 3. The van der Waals surface area contributed by atoms with Crippen molar-refractivity contribution in [2.45, 2.75) is 26.3 Å². The molecular formula is C17H19N5O3. The molecule has 130 valence electrons. The van der Waals surface area contributed by atoms with Gasteiger partial charge in [0.25, 0.3) is 5.91 Å². The fourth-order valence-corrected chi connectivity index (χ4v) is 2.67. The van der Waals surface area contributed by atoms with Gasteiger partial charge in [0.05, 0.1) is 18.2 Å². The molecule has 1 unspecified atom stereocenters. The number of guanidine groups is 1. The van der Waals surface area contributed by atoms with Crippen LogP contribution in [0.25, 0.3) is 0 Å². The minimum atomic E-state index is -0.377. The molecule has 25 heavy (non-hydrogen) atoms. The fourth-order valence-electron chi connectivity index (χ4n) is 2.67. The molecule has 0 saturated heterocycles. The lowest BCUT2D eigenvalue weighted by atomic mass is 10.0.